The van der Waals surface area contributed by atoms with Crippen molar-refractivity contribution in [3.63, 3.8) is 0 Å². The highest BCUT2D eigenvalue weighted by atomic mass is 15.3. The normalized spacial score (nSPS) is 11.5. The van der Waals surface area contributed by atoms with Crippen LogP contribution in [0, 0.1) is 0 Å². The zero-order valence-corrected chi connectivity index (χ0v) is 11.9. The summed E-state index contributed by atoms with van der Waals surface area (Å²) in [6, 6.07) is 12.4. The number of rotatable bonds is 2. The minimum Gasteiger partial charge on any atom is -0.354 e. The third-order valence-electron chi connectivity index (χ3n) is 4.04. The first-order chi connectivity index (χ1) is 11.4. The maximum Gasteiger partial charge on any atom is 0.115 e. The molecular formula is C16H11N7. The molecule has 0 unspecified atom stereocenters. The van der Waals surface area contributed by atoms with Gasteiger partial charge in [0.2, 0.25) is 0 Å². The highest BCUT2D eigenvalue weighted by Gasteiger charge is 2.18. The molecule has 7 nitrogen and oxygen atoms in total. The summed E-state index contributed by atoms with van der Waals surface area (Å²) >= 11 is 0. The van der Waals surface area contributed by atoms with Gasteiger partial charge in [-0.3, -0.25) is 0 Å². The van der Waals surface area contributed by atoms with Crippen LogP contribution in [0.3, 0.4) is 0 Å². The molecule has 110 valence electrons. The van der Waals surface area contributed by atoms with Crippen molar-refractivity contribution < 1.29 is 0 Å². The summed E-state index contributed by atoms with van der Waals surface area (Å²) in [6.45, 7) is 0. The summed E-state index contributed by atoms with van der Waals surface area (Å²) < 4.78 is 0. The zero-order valence-electron chi connectivity index (χ0n) is 11.9. The van der Waals surface area contributed by atoms with Gasteiger partial charge in [-0.25, -0.2) is 0 Å². The van der Waals surface area contributed by atoms with Gasteiger partial charge >= 0.3 is 0 Å². The summed E-state index contributed by atoms with van der Waals surface area (Å²) in [5, 5.41) is 24.0. The molecule has 7 heteroatoms. The van der Waals surface area contributed by atoms with Crippen molar-refractivity contribution in [2.75, 3.05) is 0 Å². The lowest BCUT2D eigenvalue weighted by molar-refractivity contribution is 0.940. The molecule has 0 fully saturated rings. The van der Waals surface area contributed by atoms with E-state index in [1.165, 1.54) is 5.39 Å². The van der Waals surface area contributed by atoms with E-state index in [-0.39, 0.29) is 0 Å². The third kappa shape index (κ3) is 1.70. The number of fused-ring (bicyclic) bond motifs is 3. The molecule has 3 heterocycles. The van der Waals surface area contributed by atoms with Crippen LogP contribution >= 0.6 is 0 Å². The van der Waals surface area contributed by atoms with Crippen LogP contribution in [0.5, 0.6) is 0 Å². The second-order valence-corrected chi connectivity index (χ2v) is 5.29. The Labute approximate surface area is 129 Å². The van der Waals surface area contributed by atoms with E-state index in [4.69, 9.17) is 0 Å². The van der Waals surface area contributed by atoms with Crippen LogP contribution in [0.25, 0.3) is 44.3 Å². The van der Waals surface area contributed by atoms with Crippen LogP contribution in [0.4, 0.5) is 0 Å². The van der Waals surface area contributed by atoms with Gasteiger partial charge in [0, 0.05) is 27.4 Å². The van der Waals surface area contributed by atoms with Gasteiger partial charge in [0.15, 0.2) is 0 Å². The van der Waals surface area contributed by atoms with Crippen LogP contribution in [0.2, 0.25) is 0 Å². The molecule has 0 aliphatic carbocycles. The van der Waals surface area contributed by atoms with Crippen molar-refractivity contribution in [1.29, 1.82) is 0 Å². The second kappa shape index (κ2) is 4.51. The Morgan fingerprint density at radius 2 is 1.52 bits per heavy atom. The standard InChI is InChI=1S/C16H11N7/c1-2-4-12-9(3-1)10-5-6-11(13-7-17-22-20-13)15(16(10)19-12)14-8-18-23-21-14/h1-8,19H,(H,17,20,22)(H,18,21,23). The fourth-order valence-electron chi connectivity index (χ4n) is 3.05. The number of aromatic nitrogens is 7. The van der Waals surface area contributed by atoms with Crippen molar-refractivity contribution >= 4 is 21.8 Å². The maximum absolute atomic E-state index is 4.26. The van der Waals surface area contributed by atoms with E-state index >= 15 is 0 Å². The Hall–Kier alpha value is -3.48. The predicted octanol–water partition coefficient (Wildman–Crippen LogP) is 2.89. The average molecular weight is 301 g/mol. The third-order valence-corrected chi connectivity index (χ3v) is 4.04. The first-order valence-electron chi connectivity index (χ1n) is 7.17. The molecule has 0 atom stereocenters. The van der Waals surface area contributed by atoms with Crippen LogP contribution in [0.1, 0.15) is 0 Å². The summed E-state index contributed by atoms with van der Waals surface area (Å²) in [4.78, 5) is 3.50. The van der Waals surface area contributed by atoms with Gasteiger partial charge in [0.25, 0.3) is 0 Å². The van der Waals surface area contributed by atoms with Gasteiger partial charge in [-0.05, 0) is 6.07 Å². The molecule has 0 aliphatic heterocycles. The Kier molecular flexibility index (Phi) is 2.37. The van der Waals surface area contributed by atoms with Crippen LogP contribution in [0.15, 0.2) is 48.8 Å². The van der Waals surface area contributed by atoms with Crippen molar-refractivity contribution in [1.82, 2.24) is 35.8 Å². The van der Waals surface area contributed by atoms with Gasteiger partial charge in [-0.15, -0.1) is 0 Å². The molecule has 0 bridgehead atoms. The number of H-pyrrole nitrogens is 3. The number of benzene rings is 2. The SMILES string of the molecule is c1ccc2c(c1)[nH]c1c(-c3cn[nH]n3)c(-c3cn[nH]n3)ccc12. The number of aromatic amines is 3. The fraction of sp³-hybridized carbons (Fsp3) is 0. The lowest BCUT2D eigenvalue weighted by Gasteiger charge is -2.06. The summed E-state index contributed by atoms with van der Waals surface area (Å²) in [5.41, 5.74) is 5.54. The summed E-state index contributed by atoms with van der Waals surface area (Å²) in [6.07, 6.45) is 3.41. The Balaban J connectivity index is 1.96. The monoisotopic (exact) mass is 301 g/mol. The zero-order chi connectivity index (χ0) is 15.2. The van der Waals surface area contributed by atoms with Gasteiger partial charge in [0.05, 0.1) is 17.9 Å². The van der Waals surface area contributed by atoms with E-state index in [0.717, 1.165) is 38.9 Å². The molecule has 0 aliphatic rings. The van der Waals surface area contributed by atoms with E-state index in [0.29, 0.717) is 0 Å². The summed E-state index contributed by atoms with van der Waals surface area (Å²) in [5.74, 6) is 0. The molecule has 0 radical (unpaired) electrons. The van der Waals surface area contributed by atoms with E-state index in [2.05, 4.69) is 54.0 Å². The van der Waals surface area contributed by atoms with E-state index in [1.807, 2.05) is 18.2 Å². The van der Waals surface area contributed by atoms with Crippen molar-refractivity contribution in [2.24, 2.45) is 0 Å². The van der Waals surface area contributed by atoms with Gasteiger partial charge in [0.1, 0.15) is 11.4 Å². The van der Waals surface area contributed by atoms with Crippen LogP contribution in [-0.2, 0) is 0 Å². The number of nitrogens with zero attached hydrogens (tertiary/aromatic N) is 4. The predicted molar refractivity (Wildman–Crippen MR) is 86.6 cm³/mol. The average Bonchev–Trinajstić information content (AvgIpc) is 3.33. The first kappa shape index (κ1) is 12.1. The van der Waals surface area contributed by atoms with Crippen molar-refractivity contribution in [2.45, 2.75) is 0 Å². The van der Waals surface area contributed by atoms with Gasteiger partial charge in [-0.1, -0.05) is 30.3 Å². The fourth-order valence-corrected chi connectivity index (χ4v) is 3.05. The number of hydrogen-bond acceptors (Lipinski definition) is 4. The quantitative estimate of drug-likeness (QED) is 0.467. The molecule has 3 N–H and O–H groups in total. The van der Waals surface area contributed by atoms with Gasteiger partial charge in [-0.2, -0.15) is 30.8 Å². The van der Waals surface area contributed by atoms with Crippen molar-refractivity contribution in [3.05, 3.63) is 48.8 Å². The van der Waals surface area contributed by atoms with E-state index in [9.17, 15) is 0 Å². The number of para-hydroxylation sites is 1. The molecule has 2 aromatic carbocycles. The highest BCUT2D eigenvalue weighted by Crippen LogP contribution is 2.38. The molecule has 5 aromatic rings. The molecule has 5 rings (SSSR count). The molecule has 0 saturated carbocycles. The Morgan fingerprint density at radius 3 is 2.30 bits per heavy atom. The van der Waals surface area contributed by atoms with Crippen LogP contribution in [-0.4, -0.2) is 35.8 Å². The van der Waals surface area contributed by atoms with Gasteiger partial charge < -0.3 is 4.98 Å². The topological polar surface area (TPSA) is 98.9 Å². The minimum absolute atomic E-state index is 0.764. The molecule has 0 saturated heterocycles. The first-order valence-corrected chi connectivity index (χ1v) is 7.17. The molecule has 3 aromatic heterocycles. The molecular weight excluding hydrogens is 290 g/mol. The Bertz CT molecular complexity index is 1100. The highest BCUT2D eigenvalue weighted by molar-refractivity contribution is 6.14. The molecule has 0 spiro atoms. The van der Waals surface area contributed by atoms with Crippen LogP contribution < -0.4 is 0 Å². The van der Waals surface area contributed by atoms with E-state index < -0.39 is 0 Å². The number of hydrogen-bond donors (Lipinski definition) is 3. The van der Waals surface area contributed by atoms with E-state index in [1.54, 1.807) is 12.4 Å². The summed E-state index contributed by atoms with van der Waals surface area (Å²) in [7, 11) is 0. The largest absolute Gasteiger partial charge is 0.354 e. The Morgan fingerprint density at radius 1 is 0.739 bits per heavy atom. The minimum atomic E-state index is 0.764. The maximum atomic E-state index is 4.26. The second-order valence-electron chi connectivity index (χ2n) is 5.29. The lowest BCUT2D eigenvalue weighted by atomic mass is 9.99. The van der Waals surface area contributed by atoms with Crippen molar-refractivity contribution in [3.8, 4) is 22.5 Å². The molecule has 23 heavy (non-hydrogen) atoms. The molecule has 0 amide bonds. The lowest BCUT2D eigenvalue weighted by Crippen LogP contribution is -1.88. The smallest absolute Gasteiger partial charge is 0.115 e. The number of nitrogens with one attached hydrogen (secondary N) is 3.